The number of ether oxygens (including phenoxy) is 1. The van der Waals surface area contributed by atoms with Crippen molar-refractivity contribution in [3.05, 3.63) is 0 Å². The second-order valence-corrected chi connectivity index (χ2v) is 6.16. The molecule has 0 amide bonds. The molecule has 1 saturated heterocycles. The summed E-state index contributed by atoms with van der Waals surface area (Å²) < 4.78 is 5.85. The molecule has 0 spiro atoms. The quantitative estimate of drug-likeness (QED) is 0.837. The summed E-state index contributed by atoms with van der Waals surface area (Å²) in [5.74, 6) is 0.779. The van der Waals surface area contributed by atoms with Crippen LogP contribution in [0, 0.1) is 5.92 Å². The van der Waals surface area contributed by atoms with Crippen molar-refractivity contribution in [3.8, 4) is 0 Å². The zero-order valence-corrected chi connectivity index (χ0v) is 12.3. The summed E-state index contributed by atoms with van der Waals surface area (Å²) in [5, 5.41) is 0. The van der Waals surface area contributed by atoms with Crippen LogP contribution in [0.3, 0.4) is 0 Å². The van der Waals surface area contributed by atoms with Gasteiger partial charge >= 0.3 is 0 Å². The van der Waals surface area contributed by atoms with E-state index < -0.39 is 0 Å². The molecule has 3 nitrogen and oxygen atoms in total. The number of hydrogen-bond donors (Lipinski definition) is 1. The zero-order chi connectivity index (χ0) is 13.2. The molecule has 1 saturated carbocycles. The molecular weight excluding hydrogens is 224 g/mol. The largest absolute Gasteiger partial charge is 0.376 e. The van der Waals surface area contributed by atoms with Crippen LogP contribution < -0.4 is 5.73 Å². The second-order valence-electron chi connectivity index (χ2n) is 6.16. The Morgan fingerprint density at radius 1 is 1.33 bits per heavy atom. The molecule has 0 bridgehead atoms. The Kier molecular flexibility index (Phi) is 4.68. The molecule has 1 aliphatic heterocycles. The highest BCUT2D eigenvalue weighted by Crippen LogP contribution is 2.43. The van der Waals surface area contributed by atoms with Gasteiger partial charge in [-0.15, -0.1) is 0 Å². The van der Waals surface area contributed by atoms with Gasteiger partial charge in [0.15, 0.2) is 0 Å². The van der Waals surface area contributed by atoms with E-state index in [1.807, 2.05) is 0 Å². The third-order valence-electron chi connectivity index (χ3n) is 5.28. The topological polar surface area (TPSA) is 38.5 Å². The molecule has 2 aliphatic rings. The van der Waals surface area contributed by atoms with Gasteiger partial charge in [-0.25, -0.2) is 0 Å². The van der Waals surface area contributed by atoms with Crippen LogP contribution in [0.2, 0.25) is 0 Å². The lowest BCUT2D eigenvalue weighted by molar-refractivity contribution is -0.109. The lowest BCUT2D eigenvalue weighted by atomic mass is 9.81. The standard InChI is InChI=1S/C15H30N2O/c1-4-13-7-6-8-15(13,11-16)17-9-12(3)18-10-14(17)5-2/h12-14H,4-11,16H2,1-3H3. The zero-order valence-electron chi connectivity index (χ0n) is 12.3. The maximum atomic E-state index is 6.25. The molecule has 1 heterocycles. The molecule has 4 unspecified atom stereocenters. The van der Waals surface area contributed by atoms with Crippen LogP contribution in [-0.4, -0.2) is 42.3 Å². The molecule has 0 radical (unpaired) electrons. The Balaban J connectivity index is 2.23. The molecular formula is C15H30N2O. The molecule has 0 aromatic rings. The number of rotatable bonds is 4. The van der Waals surface area contributed by atoms with Gasteiger partial charge in [-0.3, -0.25) is 4.90 Å². The number of morpholine rings is 1. The molecule has 0 aromatic heterocycles. The van der Waals surface area contributed by atoms with Crippen molar-refractivity contribution >= 4 is 0 Å². The van der Waals surface area contributed by atoms with Crippen molar-refractivity contribution < 1.29 is 4.74 Å². The van der Waals surface area contributed by atoms with Crippen LogP contribution in [0.5, 0.6) is 0 Å². The average molecular weight is 254 g/mol. The predicted molar refractivity (Wildman–Crippen MR) is 75.6 cm³/mol. The maximum absolute atomic E-state index is 6.25. The first-order valence-corrected chi connectivity index (χ1v) is 7.76. The van der Waals surface area contributed by atoms with E-state index in [2.05, 4.69) is 25.7 Å². The smallest absolute Gasteiger partial charge is 0.0675 e. The molecule has 2 N–H and O–H groups in total. The van der Waals surface area contributed by atoms with Gasteiger partial charge in [-0.2, -0.15) is 0 Å². The Labute approximate surface area is 112 Å². The highest BCUT2D eigenvalue weighted by Gasteiger charge is 2.48. The molecule has 3 heteroatoms. The summed E-state index contributed by atoms with van der Waals surface area (Å²) in [6.45, 7) is 9.55. The van der Waals surface area contributed by atoms with Crippen molar-refractivity contribution in [2.75, 3.05) is 19.7 Å². The fourth-order valence-corrected chi connectivity index (χ4v) is 4.20. The summed E-state index contributed by atoms with van der Waals surface area (Å²) in [5.41, 5.74) is 6.50. The molecule has 106 valence electrons. The van der Waals surface area contributed by atoms with Crippen molar-refractivity contribution in [2.45, 2.75) is 70.6 Å². The van der Waals surface area contributed by atoms with Crippen LogP contribution in [-0.2, 0) is 4.74 Å². The van der Waals surface area contributed by atoms with E-state index >= 15 is 0 Å². The summed E-state index contributed by atoms with van der Waals surface area (Å²) >= 11 is 0. The Morgan fingerprint density at radius 3 is 2.72 bits per heavy atom. The normalized spacial score (nSPS) is 42.3. The third kappa shape index (κ3) is 2.33. The summed E-state index contributed by atoms with van der Waals surface area (Å²) in [4.78, 5) is 2.72. The first-order valence-electron chi connectivity index (χ1n) is 7.76. The first-order chi connectivity index (χ1) is 8.67. The van der Waals surface area contributed by atoms with Gasteiger partial charge in [0.05, 0.1) is 12.7 Å². The second kappa shape index (κ2) is 5.89. The Bertz CT molecular complexity index is 271. The maximum Gasteiger partial charge on any atom is 0.0675 e. The lowest BCUT2D eigenvalue weighted by Crippen LogP contribution is -2.64. The van der Waals surface area contributed by atoms with E-state index in [1.54, 1.807) is 0 Å². The number of hydrogen-bond acceptors (Lipinski definition) is 3. The van der Waals surface area contributed by atoms with Gasteiger partial charge in [-0.05, 0) is 32.1 Å². The minimum atomic E-state index is 0.257. The van der Waals surface area contributed by atoms with Crippen molar-refractivity contribution in [1.82, 2.24) is 4.90 Å². The fourth-order valence-electron chi connectivity index (χ4n) is 4.20. The first kappa shape index (κ1) is 14.3. The minimum absolute atomic E-state index is 0.257. The summed E-state index contributed by atoms with van der Waals surface area (Å²) in [6, 6.07) is 0.567. The van der Waals surface area contributed by atoms with E-state index in [1.165, 1.54) is 32.1 Å². The highest BCUT2D eigenvalue weighted by atomic mass is 16.5. The minimum Gasteiger partial charge on any atom is -0.376 e. The van der Waals surface area contributed by atoms with Crippen LogP contribution >= 0.6 is 0 Å². The van der Waals surface area contributed by atoms with Crippen LogP contribution in [0.15, 0.2) is 0 Å². The van der Waals surface area contributed by atoms with E-state index in [0.717, 1.165) is 25.6 Å². The molecule has 4 atom stereocenters. The SMILES string of the molecule is CCC1COC(C)CN1C1(CN)CCCC1CC. The summed E-state index contributed by atoms with van der Waals surface area (Å²) in [7, 11) is 0. The third-order valence-corrected chi connectivity index (χ3v) is 5.28. The Hall–Kier alpha value is -0.120. The molecule has 1 aliphatic carbocycles. The number of nitrogens with zero attached hydrogens (tertiary/aromatic N) is 1. The summed E-state index contributed by atoms with van der Waals surface area (Å²) in [6.07, 6.45) is 6.78. The van der Waals surface area contributed by atoms with Gasteiger partial charge < -0.3 is 10.5 Å². The lowest BCUT2D eigenvalue weighted by Gasteiger charge is -2.52. The molecule has 2 fully saturated rings. The highest BCUT2D eigenvalue weighted by molar-refractivity contribution is 5.04. The van der Waals surface area contributed by atoms with E-state index in [-0.39, 0.29) is 5.54 Å². The molecule has 0 aromatic carbocycles. The van der Waals surface area contributed by atoms with Gasteiger partial charge in [0.2, 0.25) is 0 Å². The van der Waals surface area contributed by atoms with Gasteiger partial charge in [-0.1, -0.05) is 26.7 Å². The Morgan fingerprint density at radius 2 is 2.11 bits per heavy atom. The van der Waals surface area contributed by atoms with Gasteiger partial charge in [0.1, 0.15) is 0 Å². The van der Waals surface area contributed by atoms with Crippen LogP contribution in [0.25, 0.3) is 0 Å². The van der Waals surface area contributed by atoms with Crippen molar-refractivity contribution in [3.63, 3.8) is 0 Å². The van der Waals surface area contributed by atoms with Gasteiger partial charge in [0.25, 0.3) is 0 Å². The monoisotopic (exact) mass is 254 g/mol. The van der Waals surface area contributed by atoms with Crippen molar-refractivity contribution in [2.24, 2.45) is 11.7 Å². The molecule has 2 rings (SSSR count). The predicted octanol–water partition coefficient (Wildman–Crippen LogP) is 2.39. The van der Waals surface area contributed by atoms with Gasteiger partial charge in [0, 0.05) is 24.7 Å². The van der Waals surface area contributed by atoms with E-state index in [4.69, 9.17) is 10.5 Å². The van der Waals surface area contributed by atoms with Crippen LogP contribution in [0.1, 0.15) is 52.9 Å². The fraction of sp³-hybridized carbons (Fsp3) is 1.00. The average Bonchev–Trinajstić information content (AvgIpc) is 2.82. The van der Waals surface area contributed by atoms with Crippen LogP contribution in [0.4, 0.5) is 0 Å². The van der Waals surface area contributed by atoms with E-state index in [0.29, 0.717) is 12.1 Å². The van der Waals surface area contributed by atoms with Crippen molar-refractivity contribution in [1.29, 1.82) is 0 Å². The molecule has 18 heavy (non-hydrogen) atoms. The van der Waals surface area contributed by atoms with E-state index in [9.17, 15) is 0 Å². The number of nitrogens with two attached hydrogens (primary N) is 1.